The zero-order valence-electron chi connectivity index (χ0n) is 16.1. The fourth-order valence-electron chi connectivity index (χ4n) is 3.60. The van der Waals surface area contributed by atoms with Crippen LogP contribution in [-0.2, 0) is 17.6 Å². The van der Waals surface area contributed by atoms with Crippen LogP contribution in [0.15, 0.2) is 34.2 Å². The predicted molar refractivity (Wildman–Crippen MR) is 116 cm³/mol. The lowest BCUT2D eigenvalue weighted by atomic mass is 9.97. The van der Waals surface area contributed by atoms with Gasteiger partial charge in [-0.2, -0.15) is 0 Å². The summed E-state index contributed by atoms with van der Waals surface area (Å²) in [6, 6.07) is 7.37. The molecule has 0 spiro atoms. The molecule has 1 aliphatic carbocycles. The van der Waals surface area contributed by atoms with Crippen LogP contribution >= 0.6 is 23.1 Å². The number of carboxylic acids is 1. The van der Waals surface area contributed by atoms with Gasteiger partial charge >= 0.3 is 5.97 Å². The molecule has 0 saturated carbocycles. The van der Waals surface area contributed by atoms with Gasteiger partial charge < -0.3 is 9.84 Å². The van der Waals surface area contributed by atoms with Crippen molar-refractivity contribution in [2.24, 2.45) is 0 Å². The molecule has 29 heavy (non-hydrogen) atoms. The van der Waals surface area contributed by atoms with E-state index in [0.29, 0.717) is 23.2 Å². The fraction of sp³-hybridized carbons (Fsp3) is 0.381. The SMILES string of the molecule is CCOc1ccc(-n2c(SCCC(=O)O)nc3sc4c(c3c2=O)CCCC4)cc1. The molecule has 0 amide bonds. The molecule has 8 heteroatoms. The second-order valence-corrected chi connectivity index (χ2v) is 8.99. The highest BCUT2D eigenvalue weighted by Crippen LogP contribution is 2.35. The number of ether oxygens (including phenoxy) is 1. The second kappa shape index (κ2) is 8.59. The molecule has 0 unspecified atom stereocenters. The molecule has 0 fully saturated rings. The smallest absolute Gasteiger partial charge is 0.304 e. The van der Waals surface area contributed by atoms with Crippen LogP contribution in [-0.4, -0.2) is 33.0 Å². The quantitative estimate of drug-likeness (QED) is 0.445. The first kappa shape index (κ1) is 20.0. The van der Waals surface area contributed by atoms with Crippen molar-refractivity contribution in [1.82, 2.24) is 9.55 Å². The zero-order valence-corrected chi connectivity index (χ0v) is 17.8. The number of carboxylic acid groups (broad SMARTS) is 1. The molecule has 0 aliphatic heterocycles. The summed E-state index contributed by atoms with van der Waals surface area (Å²) in [5.74, 6) is 0.238. The minimum Gasteiger partial charge on any atom is -0.494 e. The average molecular weight is 431 g/mol. The highest BCUT2D eigenvalue weighted by molar-refractivity contribution is 7.99. The Balaban J connectivity index is 1.85. The van der Waals surface area contributed by atoms with Crippen molar-refractivity contribution >= 4 is 39.3 Å². The number of nitrogens with zero attached hydrogens (tertiary/aromatic N) is 2. The van der Waals surface area contributed by atoms with Gasteiger partial charge in [-0.3, -0.25) is 14.2 Å². The Hall–Kier alpha value is -2.32. The first-order valence-electron chi connectivity index (χ1n) is 9.73. The van der Waals surface area contributed by atoms with Crippen LogP contribution in [0.4, 0.5) is 0 Å². The third-order valence-corrected chi connectivity index (χ3v) is 7.04. The summed E-state index contributed by atoms with van der Waals surface area (Å²) in [7, 11) is 0. The maximum Gasteiger partial charge on any atom is 0.304 e. The molecule has 152 valence electrons. The van der Waals surface area contributed by atoms with Gasteiger partial charge in [0.1, 0.15) is 10.6 Å². The fourth-order valence-corrected chi connectivity index (χ4v) is 5.84. The van der Waals surface area contributed by atoms with Gasteiger partial charge in [-0.05, 0) is 62.4 Å². The molecule has 2 heterocycles. The van der Waals surface area contributed by atoms with E-state index in [9.17, 15) is 9.59 Å². The van der Waals surface area contributed by atoms with Crippen molar-refractivity contribution in [2.45, 2.75) is 44.2 Å². The Morgan fingerprint density at radius 1 is 1.28 bits per heavy atom. The predicted octanol–water partition coefficient (Wildman–Crippen LogP) is 4.29. The number of fused-ring (bicyclic) bond motifs is 3. The summed E-state index contributed by atoms with van der Waals surface area (Å²) in [6.07, 6.45) is 4.17. The lowest BCUT2D eigenvalue weighted by Crippen LogP contribution is -2.22. The number of thiophene rings is 1. The number of hydrogen-bond donors (Lipinski definition) is 1. The first-order chi connectivity index (χ1) is 14.1. The van der Waals surface area contributed by atoms with Gasteiger partial charge in [0.2, 0.25) is 0 Å². The van der Waals surface area contributed by atoms with E-state index in [2.05, 4.69) is 0 Å². The Labute approximate surface area is 176 Å². The number of aryl methyl sites for hydroxylation is 2. The average Bonchev–Trinajstić information content (AvgIpc) is 3.07. The van der Waals surface area contributed by atoms with Crippen molar-refractivity contribution in [3.63, 3.8) is 0 Å². The van der Waals surface area contributed by atoms with E-state index in [4.69, 9.17) is 14.8 Å². The highest BCUT2D eigenvalue weighted by Gasteiger charge is 2.23. The normalized spacial score (nSPS) is 13.4. The van der Waals surface area contributed by atoms with E-state index in [-0.39, 0.29) is 12.0 Å². The lowest BCUT2D eigenvalue weighted by molar-refractivity contribution is -0.136. The molecule has 0 atom stereocenters. The zero-order chi connectivity index (χ0) is 20.4. The molecule has 4 rings (SSSR count). The van der Waals surface area contributed by atoms with Crippen LogP contribution in [0.25, 0.3) is 15.9 Å². The van der Waals surface area contributed by atoms with E-state index in [1.807, 2.05) is 31.2 Å². The molecular formula is C21H22N2O4S2. The van der Waals surface area contributed by atoms with Crippen LogP contribution in [0, 0.1) is 0 Å². The van der Waals surface area contributed by atoms with Crippen LogP contribution in [0.1, 0.15) is 36.6 Å². The number of aromatic nitrogens is 2. The molecule has 2 aromatic heterocycles. The molecule has 0 saturated heterocycles. The van der Waals surface area contributed by atoms with Gasteiger partial charge in [0.25, 0.3) is 5.56 Å². The van der Waals surface area contributed by atoms with Crippen LogP contribution in [0.5, 0.6) is 5.75 Å². The molecule has 0 radical (unpaired) electrons. The topological polar surface area (TPSA) is 81.4 Å². The number of benzene rings is 1. The van der Waals surface area contributed by atoms with Crippen molar-refractivity contribution in [1.29, 1.82) is 0 Å². The van der Waals surface area contributed by atoms with Crippen molar-refractivity contribution in [3.8, 4) is 11.4 Å². The van der Waals surface area contributed by atoms with E-state index in [1.165, 1.54) is 16.6 Å². The Morgan fingerprint density at radius 3 is 2.76 bits per heavy atom. The van der Waals surface area contributed by atoms with Crippen molar-refractivity contribution in [2.75, 3.05) is 12.4 Å². The summed E-state index contributed by atoms with van der Waals surface area (Å²) >= 11 is 2.91. The van der Waals surface area contributed by atoms with Crippen molar-refractivity contribution in [3.05, 3.63) is 45.1 Å². The molecule has 0 bridgehead atoms. The molecule has 6 nitrogen and oxygen atoms in total. The molecular weight excluding hydrogens is 408 g/mol. The third kappa shape index (κ3) is 4.04. The number of hydrogen-bond acceptors (Lipinski definition) is 6. The standard InChI is InChI=1S/C21H22N2O4S2/c1-2-27-14-9-7-13(8-10-14)23-20(26)18-15-5-3-4-6-16(15)29-19(18)22-21(23)28-12-11-17(24)25/h7-10H,2-6,11-12H2,1H3,(H,24,25). The number of aliphatic carboxylic acids is 1. The van der Waals surface area contributed by atoms with Crippen LogP contribution < -0.4 is 10.3 Å². The Morgan fingerprint density at radius 2 is 2.03 bits per heavy atom. The maximum absolute atomic E-state index is 13.6. The molecule has 1 aliphatic rings. The van der Waals surface area contributed by atoms with Gasteiger partial charge in [-0.1, -0.05) is 11.8 Å². The third-order valence-electron chi connectivity index (χ3n) is 4.91. The number of rotatable bonds is 7. The molecule has 1 N–H and O–H groups in total. The Bertz CT molecular complexity index is 1100. The minimum absolute atomic E-state index is 0.0167. The van der Waals surface area contributed by atoms with E-state index in [0.717, 1.165) is 47.2 Å². The van der Waals surface area contributed by atoms with Crippen molar-refractivity contribution < 1.29 is 14.6 Å². The summed E-state index contributed by atoms with van der Waals surface area (Å²) in [5.41, 5.74) is 1.79. The van der Waals surface area contributed by atoms with E-state index < -0.39 is 5.97 Å². The summed E-state index contributed by atoms with van der Waals surface area (Å²) in [6.45, 7) is 2.50. The second-order valence-electron chi connectivity index (χ2n) is 6.85. The number of thioether (sulfide) groups is 1. The minimum atomic E-state index is -0.861. The summed E-state index contributed by atoms with van der Waals surface area (Å²) < 4.78 is 7.13. The first-order valence-corrected chi connectivity index (χ1v) is 11.5. The van der Waals surface area contributed by atoms with Gasteiger partial charge in [0, 0.05) is 10.6 Å². The number of carbonyl (C=O) groups is 1. The lowest BCUT2D eigenvalue weighted by Gasteiger charge is -2.14. The van der Waals surface area contributed by atoms with Gasteiger partial charge in [0.15, 0.2) is 5.16 Å². The van der Waals surface area contributed by atoms with E-state index in [1.54, 1.807) is 15.9 Å². The van der Waals surface area contributed by atoms with Gasteiger partial charge in [-0.25, -0.2) is 4.98 Å². The summed E-state index contributed by atoms with van der Waals surface area (Å²) in [4.78, 5) is 31.3. The largest absolute Gasteiger partial charge is 0.494 e. The maximum atomic E-state index is 13.6. The van der Waals surface area contributed by atoms with Crippen LogP contribution in [0.2, 0.25) is 0 Å². The monoisotopic (exact) mass is 430 g/mol. The van der Waals surface area contributed by atoms with E-state index >= 15 is 0 Å². The molecule has 3 aromatic rings. The summed E-state index contributed by atoms with van der Waals surface area (Å²) in [5, 5.41) is 10.2. The van der Waals surface area contributed by atoms with Gasteiger partial charge in [0.05, 0.1) is 24.1 Å². The van der Waals surface area contributed by atoms with Gasteiger partial charge in [-0.15, -0.1) is 11.3 Å². The Kier molecular flexibility index (Phi) is 5.91. The van der Waals surface area contributed by atoms with Crippen LogP contribution in [0.3, 0.4) is 0 Å². The molecule has 1 aromatic carbocycles. The highest BCUT2D eigenvalue weighted by atomic mass is 32.2.